The zero-order chi connectivity index (χ0) is 13.2. The number of fused-ring (bicyclic) bond motifs is 1. The fraction of sp³-hybridized carbons (Fsp3) is 0.625. The molecular weight excluding hydrogens is 236 g/mol. The van der Waals surface area contributed by atoms with E-state index in [-0.39, 0.29) is 0 Å². The molecule has 0 bridgehead atoms. The van der Waals surface area contributed by atoms with Crippen LogP contribution in [0, 0.1) is 6.92 Å². The number of phenolic OH excluding ortho intramolecular Hbond substituents is 1. The summed E-state index contributed by atoms with van der Waals surface area (Å²) in [6.07, 6.45) is 5.31. The first-order valence-electron chi connectivity index (χ1n) is 7.50. The monoisotopic (exact) mass is 260 g/mol. The minimum atomic E-state index is 0.452. The lowest BCUT2D eigenvalue weighted by molar-refractivity contribution is 0.180. The third-order valence-corrected chi connectivity index (χ3v) is 4.73. The van der Waals surface area contributed by atoms with Crippen molar-refractivity contribution in [2.45, 2.75) is 51.2 Å². The number of hydrogen-bond donors (Lipinski definition) is 2. The molecule has 0 aromatic heterocycles. The fourth-order valence-electron chi connectivity index (χ4n) is 3.59. The molecule has 19 heavy (non-hydrogen) atoms. The van der Waals surface area contributed by atoms with E-state index >= 15 is 0 Å². The molecule has 2 atom stereocenters. The molecule has 104 valence electrons. The maximum Gasteiger partial charge on any atom is 0.122 e. The van der Waals surface area contributed by atoms with E-state index in [2.05, 4.69) is 10.2 Å². The molecule has 1 aromatic rings. The number of aryl methyl sites for hydroxylation is 1. The number of aromatic hydroxyl groups is 1. The molecule has 3 rings (SSSR count). The lowest BCUT2D eigenvalue weighted by atomic mass is 9.98. The number of nitrogens with zero attached hydrogens (tertiary/aromatic N) is 1. The molecule has 0 radical (unpaired) electrons. The first kappa shape index (κ1) is 12.9. The highest BCUT2D eigenvalue weighted by Gasteiger charge is 2.34. The van der Waals surface area contributed by atoms with Gasteiger partial charge in [-0.05, 0) is 38.3 Å². The number of phenols is 1. The summed E-state index contributed by atoms with van der Waals surface area (Å²) in [6.45, 7) is 5.25. The van der Waals surface area contributed by atoms with Crippen LogP contribution in [0.5, 0.6) is 5.75 Å². The molecule has 2 N–H and O–H groups in total. The molecule has 2 unspecified atom stereocenters. The maximum atomic E-state index is 10.1. The minimum absolute atomic E-state index is 0.452. The number of hydrogen-bond acceptors (Lipinski definition) is 3. The average Bonchev–Trinajstić information content (AvgIpc) is 2.84. The Morgan fingerprint density at radius 1 is 1.26 bits per heavy atom. The first-order valence-corrected chi connectivity index (χ1v) is 7.50. The van der Waals surface area contributed by atoms with Crippen LogP contribution in [0.1, 0.15) is 36.8 Å². The third kappa shape index (κ3) is 2.63. The third-order valence-electron chi connectivity index (χ3n) is 4.73. The van der Waals surface area contributed by atoms with E-state index in [0.717, 1.165) is 23.7 Å². The van der Waals surface area contributed by atoms with E-state index in [4.69, 9.17) is 0 Å². The lowest BCUT2D eigenvalue weighted by Crippen LogP contribution is -2.44. The van der Waals surface area contributed by atoms with Crippen molar-refractivity contribution in [3.63, 3.8) is 0 Å². The van der Waals surface area contributed by atoms with Crippen LogP contribution in [-0.4, -0.2) is 35.2 Å². The van der Waals surface area contributed by atoms with Crippen molar-refractivity contribution < 1.29 is 5.11 Å². The zero-order valence-electron chi connectivity index (χ0n) is 11.7. The molecule has 3 nitrogen and oxygen atoms in total. The summed E-state index contributed by atoms with van der Waals surface area (Å²) in [5.74, 6) is 0.452. The highest BCUT2D eigenvalue weighted by Crippen LogP contribution is 2.28. The second-order valence-corrected chi connectivity index (χ2v) is 5.96. The van der Waals surface area contributed by atoms with Crippen molar-refractivity contribution in [2.75, 3.05) is 13.1 Å². The van der Waals surface area contributed by atoms with Crippen LogP contribution >= 0.6 is 0 Å². The van der Waals surface area contributed by atoms with Crippen molar-refractivity contribution in [3.8, 4) is 5.75 Å². The van der Waals surface area contributed by atoms with Gasteiger partial charge in [-0.15, -0.1) is 0 Å². The Bertz CT molecular complexity index is 446. The Labute approximate surface area is 115 Å². The largest absolute Gasteiger partial charge is 0.507 e. The topological polar surface area (TPSA) is 35.5 Å². The molecular formula is C16H24N2O. The molecule has 3 heteroatoms. The van der Waals surface area contributed by atoms with Gasteiger partial charge in [-0.2, -0.15) is 0 Å². The molecule has 2 aliphatic rings. The van der Waals surface area contributed by atoms with Gasteiger partial charge in [0.2, 0.25) is 0 Å². The number of rotatable bonds is 3. The van der Waals surface area contributed by atoms with Gasteiger partial charge in [-0.3, -0.25) is 4.90 Å². The van der Waals surface area contributed by atoms with Gasteiger partial charge in [0, 0.05) is 30.7 Å². The molecule has 0 amide bonds. The van der Waals surface area contributed by atoms with Crippen LogP contribution in [0.2, 0.25) is 0 Å². The van der Waals surface area contributed by atoms with Gasteiger partial charge in [-0.1, -0.05) is 24.6 Å². The minimum Gasteiger partial charge on any atom is -0.507 e. The Kier molecular flexibility index (Phi) is 3.76. The van der Waals surface area contributed by atoms with Gasteiger partial charge in [0.15, 0.2) is 0 Å². The SMILES string of the molecule is Cc1cccc(CNC2CCN3CCCCC23)c1O. The Balaban J connectivity index is 1.62. The quantitative estimate of drug-likeness (QED) is 0.876. The van der Waals surface area contributed by atoms with E-state index in [0.29, 0.717) is 11.8 Å². The highest BCUT2D eigenvalue weighted by atomic mass is 16.3. The second kappa shape index (κ2) is 5.51. The Morgan fingerprint density at radius 2 is 2.16 bits per heavy atom. The first-order chi connectivity index (χ1) is 9.25. The molecule has 2 heterocycles. The lowest BCUT2D eigenvalue weighted by Gasteiger charge is -2.32. The summed E-state index contributed by atoms with van der Waals surface area (Å²) in [5.41, 5.74) is 1.99. The summed E-state index contributed by atoms with van der Waals surface area (Å²) in [6, 6.07) is 7.31. The molecule has 2 saturated heterocycles. The molecule has 0 spiro atoms. The van der Waals surface area contributed by atoms with Gasteiger partial charge >= 0.3 is 0 Å². The molecule has 2 fully saturated rings. The van der Waals surface area contributed by atoms with E-state index in [1.807, 2.05) is 25.1 Å². The van der Waals surface area contributed by atoms with Crippen LogP contribution < -0.4 is 5.32 Å². The fourth-order valence-corrected chi connectivity index (χ4v) is 3.59. The highest BCUT2D eigenvalue weighted by molar-refractivity contribution is 5.39. The summed E-state index contributed by atoms with van der Waals surface area (Å²) < 4.78 is 0. The normalized spacial score (nSPS) is 27.4. The van der Waals surface area contributed by atoms with Crippen molar-refractivity contribution in [1.82, 2.24) is 10.2 Å². The van der Waals surface area contributed by atoms with Gasteiger partial charge < -0.3 is 10.4 Å². The summed E-state index contributed by atoms with van der Waals surface area (Å²) in [5, 5.41) is 13.7. The predicted octanol–water partition coefficient (Wildman–Crippen LogP) is 2.42. The van der Waals surface area contributed by atoms with Crippen LogP contribution in [0.3, 0.4) is 0 Å². The second-order valence-electron chi connectivity index (χ2n) is 5.96. The number of para-hydroxylation sites is 1. The predicted molar refractivity (Wildman–Crippen MR) is 77.3 cm³/mol. The standard InChI is InChI=1S/C16H24N2O/c1-12-5-4-6-13(16(12)19)11-17-14-8-10-18-9-3-2-7-15(14)18/h4-6,14-15,17,19H,2-3,7-11H2,1H3. The number of piperidine rings is 1. The van der Waals surface area contributed by atoms with Gasteiger partial charge in [0.05, 0.1) is 0 Å². The van der Waals surface area contributed by atoms with Gasteiger partial charge in [0.25, 0.3) is 0 Å². The molecule has 1 aromatic carbocycles. The van der Waals surface area contributed by atoms with Crippen molar-refractivity contribution >= 4 is 0 Å². The molecule has 0 saturated carbocycles. The average molecular weight is 260 g/mol. The van der Waals surface area contributed by atoms with Crippen molar-refractivity contribution in [2.24, 2.45) is 0 Å². The summed E-state index contributed by atoms with van der Waals surface area (Å²) >= 11 is 0. The number of benzene rings is 1. The van der Waals surface area contributed by atoms with Crippen LogP contribution in [0.25, 0.3) is 0 Å². The number of nitrogens with one attached hydrogen (secondary N) is 1. The maximum absolute atomic E-state index is 10.1. The summed E-state index contributed by atoms with van der Waals surface area (Å²) in [4.78, 5) is 2.64. The Hall–Kier alpha value is -1.06. The van der Waals surface area contributed by atoms with Crippen LogP contribution in [-0.2, 0) is 6.54 Å². The van der Waals surface area contributed by atoms with E-state index in [1.54, 1.807) is 0 Å². The van der Waals surface area contributed by atoms with Crippen molar-refractivity contribution in [3.05, 3.63) is 29.3 Å². The molecule has 0 aliphatic carbocycles. The van der Waals surface area contributed by atoms with Gasteiger partial charge in [-0.25, -0.2) is 0 Å². The smallest absolute Gasteiger partial charge is 0.122 e. The van der Waals surface area contributed by atoms with E-state index in [1.165, 1.54) is 38.8 Å². The summed E-state index contributed by atoms with van der Waals surface area (Å²) in [7, 11) is 0. The molecule has 2 aliphatic heterocycles. The van der Waals surface area contributed by atoms with Crippen LogP contribution in [0.4, 0.5) is 0 Å². The Morgan fingerprint density at radius 3 is 3.05 bits per heavy atom. The van der Waals surface area contributed by atoms with Crippen LogP contribution in [0.15, 0.2) is 18.2 Å². The zero-order valence-corrected chi connectivity index (χ0v) is 11.7. The van der Waals surface area contributed by atoms with Gasteiger partial charge in [0.1, 0.15) is 5.75 Å². The van der Waals surface area contributed by atoms with E-state index in [9.17, 15) is 5.11 Å². The van der Waals surface area contributed by atoms with Crippen molar-refractivity contribution in [1.29, 1.82) is 0 Å². The van der Waals surface area contributed by atoms with E-state index < -0.39 is 0 Å².